The highest BCUT2D eigenvalue weighted by Gasteiger charge is 2.26. The SMILES string of the molecule is CCCN1Cc2cc(C#N)nn2CCC1C(C)C. The lowest BCUT2D eigenvalue weighted by molar-refractivity contribution is 0.143. The number of aromatic nitrogens is 2. The van der Waals surface area contributed by atoms with Crippen molar-refractivity contribution in [3.63, 3.8) is 0 Å². The molecule has 0 amide bonds. The molecule has 98 valence electrons. The van der Waals surface area contributed by atoms with Gasteiger partial charge in [0.05, 0.1) is 5.69 Å². The second-order valence-electron chi connectivity index (χ2n) is 5.43. The molecule has 0 radical (unpaired) electrons. The minimum absolute atomic E-state index is 0.546. The van der Waals surface area contributed by atoms with Gasteiger partial charge in [-0.25, -0.2) is 0 Å². The van der Waals surface area contributed by atoms with Crippen LogP contribution in [-0.4, -0.2) is 27.3 Å². The molecule has 1 atom stereocenters. The molecule has 1 aliphatic rings. The quantitative estimate of drug-likeness (QED) is 0.822. The summed E-state index contributed by atoms with van der Waals surface area (Å²) in [6, 6.07) is 4.69. The lowest BCUT2D eigenvalue weighted by Crippen LogP contribution is -2.38. The molecule has 4 heteroatoms. The molecule has 0 saturated heterocycles. The van der Waals surface area contributed by atoms with Crippen LogP contribution in [0.4, 0.5) is 0 Å². The predicted molar refractivity (Wildman–Crippen MR) is 70.9 cm³/mol. The van der Waals surface area contributed by atoms with Gasteiger partial charge in [-0.15, -0.1) is 0 Å². The maximum absolute atomic E-state index is 8.93. The monoisotopic (exact) mass is 246 g/mol. The van der Waals surface area contributed by atoms with Gasteiger partial charge in [-0.1, -0.05) is 20.8 Å². The fraction of sp³-hybridized carbons (Fsp3) is 0.714. The summed E-state index contributed by atoms with van der Waals surface area (Å²) in [6.45, 7) is 9.78. The molecule has 2 heterocycles. The Hall–Kier alpha value is -1.34. The number of hydrogen-bond acceptors (Lipinski definition) is 3. The Morgan fingerprint density at radius 3 is 2.94 bits per heavy atom. The highest BCUT2D eigenvalue weighted by Crippen LogP contribution is 2.23. The predicted octanol–water partition coefficient (Wildman–Crippen LogP) is 2.40. The van der Waals surface area contributed by atoms with Gasteiger partial charge in [-0.3, -0.25) is 9.58 Å². The van der Waals surface area contributed by atoms with E-state index in [-0.39, 0.29) is 0 Å². The minimum Gasteiger partial charge on any atom is -0.294 e. The Labute approximate surface area is 109 Å². The average molecular weight is 246 g/mol. The van der Waals surface area contributed by atoms with Crippen LogP contribution in [0.15, 0.2) is 6.07 Å². The van der Waals surface area contributed by atoms with E-state index >= 15 is 0 Å². The zero-order valence-electron chi connectivity index (χ0n) is 11.6. The molecular formula is C14H22N4. The number of fused-ring (bicyclic) bond motifs is 1. The third kappa shape index (κ3) is 2.56. The summed E-state index contributed by atoms with van der Waals surface area (Å²) in [5.74, 6) is 0.664. The first-order chi connectivity index (χ1) is 8.65. The fourth-order valence-corrected chi connectivity index (χ4v) is 2.88. The van der Waals surface area contributed by atoms with Crippen molar-refractivity contribution in [2.45, 2.75) is 52.7 Å². The topological polar surface area (TPSA) is 44.9 Å². The fourth-order valence-electron chi connectivity index (χ4n) is 2.88. The molecule has 2 rings (SSSR count). The van der Waals surface area contributed by atoms with Crippen molar-refractivity contribution in [2.24, 2.45) is 5.92 Å². The molecule has 4 nitrogen and oxygen atoms in total. The van der Waals surface area contributed by atoms with E-state index in [1.165, 1.54) is 12.1 Å². The summed E-state index contributed by atoms with van der Waals surface area (Å²) >= 11 is 0. The van der Waals surface area contributed by atoms with Crippen LogP contribution in [-0.2, 0) is 13.1 Å². The molecule has 0 aliphatic carbocycles. The molecule has 1 unspecified atom stereocenters. The van der Waals surface area contributed by atoms with E-state index in [9.17, 15) is 0 Å². The van der Waals surface area contributed by atoms with Crippen LogP contribution < -0.4 is 0 Å². The van der Waals surface area contributed by atoms with Crippen molar-refractivity contribution in [1.29, 1.82) is 5.26 Å². The Morgan fingerprint density at radius 2 is 2.33 bits per heavy atom. The molecule has 18 heavy (non-hydrogen) atoms. The van der Waals surface area contributed by atoms with Gasteiger partial charge in [0, 0.05) is 19.1 Å². The highest BCUT2D eigenvalue weighted by atomic mass is 15.3. The molecule has 0 N–H and O–H groups in total. The lowest BCUT2D eigenvalue weighted by atomic mass is 9.99. The first kappa shape index (κ1) is 13.1. The van der Waals surface area contributed by atoms with Crippen LogP contribution in [0.1, 0.15) is 45.0 Å². The van der Waals surface area contributed by atoms with E-state index in [1.807, 2.05) is 10.7 Å². The van der Waals surface area contributed by atoms with Gasteiger partial charge in [0.2, 0.25) is 0 Å². The molecule has 1 aromatic heterocycles. The van der Waals surface area contributed by atoms with Gasteiger partial charge < -0.3 is 0 Å². The van der Waals surface area contributed by atoms with Crippen molar-refractivity contribution in [2.75, 3.05) is 6.54 Å². The largest absolute Gasteiger partial charge is 0.294 e. The van der Waals surface area contributed by atoms with Crippen LogP contribution in [0.5, 0.6) is 0 Å². The Balaban J connectivity index is 2.23. The van der Waals surface area contributed by atoms with Gasteiger partial charge in [0.15, 0.2) is 5.69 Å². The normalized spacial score (nSPS) is 20.5. The molecule has 0 bridgehead atoms. The van der Waals surface area contributed by atoms with Crippen molar-refractivity contribution < 1.29 is 0 Å². The first-order valence-corrected chi connectivity index (χ1v) is 6.86. The maximum Gasteiger partial charge on any atom is 0.162 e. The van der Waals surface area contributed by atoms with Crippen LogP contribution in [0, 0.1) is 17.2 Å². The van der Waals surface area contributed by atoms with Gasteiger partial charge in [0.25, 0.3) is 0 Å². The third-order valence-corrected chi connectivity index (χ3v) is 3.73. The van der Waals surface area contributed by atoms with Crippen LogP contribution >= 0.6 is 0 Å². The van der Waals surface area contributed by atoms with Crippen LogP contribution in [0.3, 0.4) is 0 Å². The smallest absolute Gasteiger partial charge is 0.162 e. The highest BCUT2D eigenvalue weighted by molar-refractivity contribution is 5.23. The summed E-state index contributed by atoms with van der Waals surface area (Å²) in [7, 11) is 0. The second-order valence-corrected chi connectivity index (χ2v) is 5.43. The van der Waals surface area contributed by atoms with E-state index in [2.05, 4.69) is 36.8 Å². The Kier molecular flexibility index (Phi) is 4.03. The van der Waals surface area contributed by atoms with Gasteiger partial charge in [-0.2, -0.15) is 10.4 Å². The van der Waals surface area contributed by atoms with Gasteiger partial charge in [-0.05, 0) is 31.4 Å². The minimum atomic E-state index is 0.546. The lowest BCUT2D eigenvalue weighted by Gasteiger charge is -2.32. The zero-order chi connectivity index (χ0) is 13.1. The molecule has 1 aromatic rings. The number of aryl methyl sites for hydroxylation is 1. The first-order valence-electron chi connectivity index (χ1n) is 6.86. The van der Waals surface area contributed by atoms with Crippen molar-refractivity contribution in [3.05, 3.63) is 17.5 Å². The van der Waals surface area contributed by atoms with E-state index in [4.69, 9.17) is 5.26 Å². The Bertz CT molecular complexity index is 441. The molecule has 0 spiro atoms. The van der Waals surface area contributed by atoms with Gasteiger partial charge >= 0.3 is 0 Å². The average Bonchev–Trinajstić information content (AvgIpc) is 2.64. The summed E-state index contributed by atoms with van der Waals surface area (Å²) in [5, 5.41) is 13.3. The Morgan fingerprint density at radius 1 is 1.56 bits per heavy atom. The number of nitriles is 1. The standard InChI is InChI=1S/C14H22N4/c1-4-6-17-10-13-8-12(9-15)16-18(13)7-5-14(17)11(2)3/h8,11,14H,4-7,10H2,1-3H3. The molecule has 0 fully saturated rings. The second kappa shape index (κ2) is 5.53. The number of rotatable bonds is 3. The zero-order valence-corrected chi connectivity index (χ0v) is 11.6. The molecule has 1 aliphatic heterocycles. The summed E-state index contributed by atoms with van der Waals surface area (Å²) in [6.07, 6.45) is 2.29. The van der Waals surface area contributed by atoms with E-state index < -0.39 is 0 Å². The molecule has 0 saturated carbocycles. The molecular weight excluding hydrogens is 224 g/mol. The van der Waals surface area contributed by atoms with Crippen molar-refractivity contribution >= 4 is 0 Å². The number of nitrogens with zero attached hydrogens (tertiary/aromatic N) is 4. The third-order valence-electron chi connectivity index (χ3n) is 3.73. The van der Waals surface area contributed by atoms with E-state index in [1.54, 1.807) is 0 Å². The molecule has 0 aromatic carbocycles. The van der Waals surface area contributed by atoms with Gasteiger partial charge in [0.1, 0.15) is 6.07 Å². The van der Waals surface area contributed by atoms with Crippen LogP contribution in [0.2, 0.25) is 0 Å². The van der Waals surface area contributed by atoms with Crippen LogP contribution in [0.25, 0.3) is 0 Å². The summed E-state index contributed by atoms with van der Waals surface area (Å²) < 4.78 is 2.02. The van der Waals surface area contributed by atoms with Crippen molar-refractivity contribution in [1.82, 2.24) is 14.7 Å². The summed E-state index contributed by atoms with van der Waals surface area (Å²) in [5.41, 5.74) is 1.73. The number of hydrogen-bond donors (Lipinski definition) is 0. The maximum atomic E-state index is 8.93. The van der Waals surface area contributed by atoms with Crippen molar-refractivity contribution in [3.8, 4) is 6.07 Å². The van der Waals surface area contributed by atoms with E-state index in [0.717, 1.165) is 26.1 Å². The summed E-state index contributed by atoms with van der Waals surface area (Å²) in [4.78, 5) is 2.55. The van der Waals surface area contributed by atoms with E-state index in [0.29, 0.717) is 17.7 Å².